The van der Waals surface area contributed by atoms with Gasteiger partial charge in [-0.3, -0.25) is 4.90 Å². The summed E-state index contributed by atoms with van der Waals surface area (Å²) in [6.45, 7) is 6.22. The minimum absolute atomic E-state index is 0.657. The first-order valence-corrected chi connectivity index (χ1v) is 10.5. The molecule has 1 saturated heterocycles. The van der Waals surface area contributed by atoms with Crippen LogP contribution in [0.5, 0.6) is 0 Å². The zero-order valence-corrected chi connectivity index (χ0v) is 15.9. The molecule has 0 aromatic heterocycles. The molecule has 1 atom stereocenters. The zero-order valence-electron chi connectivity index (χ0n) is 15.9. The third-order valence-corrected chi connectivity index (χ3v) is 6.18. The van der Waals surface area contributed by atoms with Crippen molar-refractivity contribution in [1.29, 1.82) is 0 Å². The molecule has 1 heterocycles. The fourth-order valence-corrected chi connectivity index (χ4v) is 4.79. The van der Waals surface area contributed by atoms with Crippen molar-refractivity contribution in [2.75, 3.05) is 32.7 Å². The minimum atomic E-state index is 0.657. The summed E-state index contributed by atoms with van der Waals surface area (Å²) in [5, 5.41) is 0. The maximum absolute atomic E-state index is 2.77. The first-order valence-electron chi connectivity index (χ1n) is 10.5. The van der Waals surface area contributed by atoms with Crippen LogP contribution in [-0.4, -0.2) is 42.5 Å². The number of hydrogen-bond acceptors (Lipinski definition) is 2. The molecule has 0 unspecified atom stereocenters. The molecule has 2 aliphatic rings. The Kier molecular flexibility index (Phi) is 6.03. The molecule has 0 radical (unpaired) electrons. The zero-order chi connectivity index (χ0) is 17.6. The summed E-state index contributed by atoms with van der Waals surface area (Å²) in [6, 6.07) is 20.7. The largest absolute Gasteiger partial charge is 0.302 e. The third kappa shape index (κ3) is 4.36. The van der Waals surface area contributed by atoms with Crippen LogP contribution in [0.2, 0.25) is 0 Å². The predicted octanol–water partition coefficient (Wildman–Crippen LogP) is 4.70. The number of hydrogen-bond donors (Lipinski definition) is 0. The summed E-state index contributed by atoms with van der Waals surface area (Å²) in [4.78, 5) is 5.47. The molecule has 2 aromatic rings. The Balaban J connectivity index is 1.30. The van der Waals surface area contributed by atoms with Gasteiger partial charge in [0.25, 0.3) is 0 Å². The van der Waals surface area contributed by atoms with Gasteiger partial charge in [0, 0.05) is 25.7 Å². The molecule has 1 fully saturated rings. The van der Waals surface area contributed by atoms with E-state index in [1.54, 1.807) is 11.1 Å². The molecule has 2 nitrogen and oxygen atoms in total. The van der Waals surface area contributed by atoms with E-state index in [4.69, 9.17) is 0 Å². The summed E-state index contributed by atoms with van der Waals surface area (Å²) >= 11 is 0. The summed E-state index contributed by atoms with van der Waals surface area (Å²) < 4.78 is 0. The summed E-state index contributed by atoms with van der Waals surface area (Å²) in [5.41, 5.74) is 4.67. The lowest BCUT2D eigenvalue weighted by atomic mass is 9.87. The first-order chi connectivity index (χ1) is 12.9. The van der Waals surface area contributed by atoms with E-state index in [0.717, 1.165) is 0 Å². The second-order valence-corrected chi connectivity index (χ2v) is 7.93. The third-order valence-electron chi connectivity index (χ3n) is 6.18. The predicted molar refractivity (Wildman–Crippen MR) is 110 cm³/mol. The van der Waals surface area contributed by atoms with Crippen LogP contribution in [0, 0.1) is 0 Å². The van der Waals surface area contributed by atoms with Gasteiger partial charge in [0.1, 0.15) is 0 Å². The lowest BCUT2D eigenvalue weighted by Gasteiger charge is -2.35. The number of benzene rings is 2. The van der Waals surface area contributed by atoms with Crippen LogP contribution in [0.3, 0.4) is 0 Å². The number of aryl methyl sites for hydroxylation is 2. The van der Waals surface area contributed by atoms with E-state index in [2.05, 4.69) is 64.4 Å². The molecule has 1 aliphatic heterocycles. The molecule has 2 aromatic carbocycles. The molecule has 138 valence electrons. The average molecular weight is 349 g/mol. The molecule has 2 heteroatoms. The van der Waals surface area contributed by atoms with E-state index < -0.39 is 0 Å². The van der Waals surface area contributed by atoms with Gasteiger partial charge < -0.3 is 4.90 Å². The molecule has 0 spiro atoms. The van der Waals surface area contributed by atoms with Crippen LogP contribution in [-0.2, 0) is 12.8 Å². The van der Waals surface area contributed by atoms with E-state index in [-0.39, 0.29) is 0 Å². The summed E-state index contributed by atoms with van der Waals surface area (Å²) in [5.74, 6) is 0. The van der Waals surface area contributed by atoms with Crippen molar-refractivity contribution < 1.29 is 0 Å². The van der Waals surface area contributed by atoms with Crippen molar-refractivity contribution >= 4 is 0 Å². The van der Waals surface area contributed by atoms with E-state index in [1.165, 1.54) is 76.8 Å². The van der Waals surface area contributed by atoms with Crippen molar-refractivity contribution in [2.45, 2.75) is 44.6 Å². The molecular weight excluding hydrogens is 316 g/mol. The molecule has 1 aliphatic carbocycles. The molecule has 0 bridgehead atoms. The van der Waals surface area contributed by atoms with Crippen LogP contribution in [0.4, 0.5) is 0 Å². The van der Waals surface area contributed by atoms with E-state index in [0.29, 0.717) is 6.04 Å². The molecule has 0 N–H and O–H groups in total. The first kappa shape index (κ1) is 17.8. The fraction of sp³-hybridized carbons (Fsp3) is 0.500. The van der Waals surface area contributed by atoms with Crippen molar-refractivity contribution in [3.8, 4) is 0 Å². The molecule has 26 heavy (non-hydrogen) atoms. The van der Waals surface area contributed by atoms with Gasteiger partial charge in [0.2, 0.25) is 0 Å². The van der Waals surface area contributed by atoms with Gasteiger partial charge >= 0.3 is 0 Å². The molecule has 0 saturated carbocycles. The quantitative estimate of drug-likeness (QED) is 0.772. The lowest BCUT2D eigenvalue weighted by molar-refractivity contribution is 0.181. The van der Waals surface area contributed by atoms with Crippen molar-refractivity contribution in [3.05, 3.63) is 71.3 Å². The Bertz CT molecular complexity index is 682. The summed E-state index contributed by atoms with van der Waals surface area (Å²) in [6.07, 6.45) is 7.74. The van der Waals surface area contributed by atoms with Gasteiger partial charge in [-0.15, -0.1) is 0 Å². The van der Waals surface area contributed by atoms with Crippen LogP contribution in [0.15, 0.2) is 54.6 Å². The van der Waals surface area contributed by atoms with Gasteiger partial charge in [0.15, 0.2) is 0 Å². The Hall–Kier alpha value is -1.64. The lowest BCUT2D eigenvalue weighted by Crippen LogP contribution is -2.35. The highest BCUT2D eigenvalue weighted by Crippen LogP contribution is 2.34. The fourth-order valence-electron chi connectivity index (χ4n) is 4.79. The monoisotopic (exact) mass is 348 g/mol. The maximum Gasteiger partial charge on any atom is 0.0351 e. The average Bonchev–Trinajstić information content (AvgIpc) is 2.94. The minimum Gasteiger partial charge on any atom is -0.302 e. The van der Waals surface area contributed by atoms with E-state index in [9.17, 15) is 0 Å². The Morgan fingerprint density at radius 3 is 2.58 bits per heavy atom. The smallest absolute Gasteiger partial charge is 0.0351 e. The Morgan fingerprint density at radius 2 is 1.65 bits per heavy atom. The van der Waals surface area contributed by atoms with Gasteiger partial charge in [0.05, 0.1) is 0 Å². The topological polar surface area (TPSA) is 6.48 Å². The second-order valence-electron chi connectivity index (χ2n) is 7.93. The van der Waals surface area contributed by atoms with Gasteiger partial charge in [-0.2, -0.15) is 0 Å². The summed E-state index contributed by atoms with van der Waals surface area (Å²) in [7, 11) is 0. The normalized spacial score (nSPS) is 21.9. The van der Waals surface area contributed by atoms with Crippen molar-refractivity contribution in [3.63, 3.8) is 0 Å². The highest BCUT2D eigenvalue weighted by atomic mass is 15.2. The van der Waals surface area contributed by atoms with Gasteiger partial charge in [-0.25, -0.2) is 0 Å². The number of fused-ring (bicyclic) bond motifs is 1. The van der Waals surface area contributed by atoms with E-state index in [1.807, 2.05) is 0 Å². The molecule has 0 amide bonds. The second kappa shape index (κ2) is 8.83. The Labute approximate surface area is 158 Å². The van der Waals surface area contributed by atoms with Crippen LogP contribution in [0.25, 0.3) is 0 Å². The highest BCUT2D eigenvalue weighted by molar-refractivity contribution is 5.32. The van der Waals surface area contributed by atoms with Crippen LogP contribution < -0.4 is 0 Å². The van der Waals surface area contributed by atoms with Crippen molar-refractivity contribution in [1.82, 2.24) is 9.80 Å². The number of rotatable bonds is 5. The molecule has 4 rings (SSSR count). The van der Waals surface area contributed by atoms with Crippen LogP contribution >= 0.6 is 0 Å². The molecular formula is C24H32N2. The van der Waals surface area contributed by atoms with Crippen LogP contribution in [0.1, 0.15) is 48.4 Å². The SMILES string of the molecule is c1ccc(CCCN2CCCN([C@H]3CCCc4ccccc43)CC2)cc1. The van der Waals surface area contributed by atoms with E-state index >= 15 is 0 Å². The van der Waals surface area contributed by atoms with Gasteiger partial charge in [-0.05, 0) is 68.3 Å². The van der Waals surface area contributed by atoms with Gasteiger partial charge in [-0.1, -0.05) is 54.6 Å². The number of nitrogens with zero attached hydrogens (tertiary/aromatic N) is 2. The highest BCUT2D eigenvalue weighted by Gasteiger charge is 2.27. The maximum atomic E-state index is 2.77. The Morgan fingerprint density at radius 1 is 0.808 bits per heavy atom. The standard InChI is InChI=1S/C24H32N2/c1-2-9-21(10-3-1)11-7-16-25-17-8-18-26(20-19-25)24-15-6-13-22-12-4-5-14-23(22)24/h1-5,9-10,12,14,24H,6-8,11,13,15-20H2/t24-/m0/s1. The van der Waals surface area contributed by atoms with Crippen molar-refractivity contribution in [2.24, 2.45) is 0 Å².